The Morgan fingerprint density at radius 2 is 2.00 bits per heavy atom. The molecule has 0 aromatic carbocycles. The molecule has 2 aliphatic heterocycles. The van der Waals surface area contributed by atoms with Crippen molar-refractivity contribution in [1.29, 1.82) is 0 Å². The quantitative estimate of drug-likeness (QED) is 0.781. The Morgan fingerprint density at radius 3 is 2.75 bits per heavy atom. The second-order valence-electron chi connectivity index (χ2n) is 7.72. The topological polar surface area (TPSA) is 69.7 Å². The second-order valence-corrected chi connectivity index (χ2v) is 8.97. The Bertz CT molecular complexity index is 979. The first kappa shape index (κ1) is 19.0. The van der Waals surface area contributed by atoms with Gasteiger partial charge in [-0.05, 0) is 38.5 Å². The molecule has 2 aliphatic rings. The predicted octanol–water partition coefficient (Wildman–Crippen LogP) is 3.99. The maximum atomic E-state index is 6.13. The average Bonchev–Trinajstić information content (AvgIpc) is 3.05. The van der Waals surface area contributed by atoms with E-state index in [9.17, 15) is 0 Å². The molecule has 2 aromatic rings. The molecule has 1 fully saturated rings. The number of aromatic nitrogens is 1. The lowest BCUT2D eigenvalue weighted by atomic mass is 9.79. The summed E-state index contributed by atoms with van der Waals surface area (Å²) in [5.74, 6) is 6.02. The number of hydrogen-bond donors (Lipinski definition) is 1. The van der Waals surface area contributed by atoms with Crippen molar-refractivity contribution in [3.8, 4) is 23.0 Å². The minimum atomic E-state index is -0.401. The van der Waals surface area contributed by atoms with Crippen LogP contribution in [0.1, 0.15) is 48.4 Å². The van der Waals surface area contributed by atoms with Crippen molar-refractivity contribution in [2.45, 2.75) is 51.2 Å². The average molecular weight is 396 g/mol. The van der Waals surface area contributed by atoms with E-state index in [1.165, 1.54) is 15.3 Å². The normalized spacial score (nSPS) is 23.5. The molecule has 4 heterocycles. The van der Waals surface area contributed by atoms with Crippen LogP contribution in [-0.2, 0) is 15.0 Å². The fraction of sp³-hybridized carbons (Fsp3) is 0.455. The molecule has 4 rings (SSSR count). The first-order valence-electron chi connectivity index (χ1n) is 9.54. The zero-order chi connectivity index (χ0) is 19.8. The number of thiophene rings is 1. The summed E-state index contributed by atoms with van der Waals surface area (Å²) < 4.78 is 11.6. The molecule has 6 heteroatoms. The number of nitrogens with two attached hydrogens (primary N) is 1. The molecule has 146 valence electrons. The van der Waals surface area contributed by atoms with Gasteiger partial charge in [-0.1, -0.05) is 5.92 Å². The summed E-state index contributed by atoms with van der Waals surface area (Å²) in [6.45, 7) is 7.54. The van der Waals surface area contributed by atoms with E-state index >= 15 is 0 Å². The first-order chi connectivity index (χ1) is 13.4. The van der Waals surface area contributed by atoms with Gasteiger partial charge in [-0.3, -0.25) is 4.98 Å². The highest BCUT2D eigenvalue weighted by molar-refractivity contribution is 7.12. The van der Waals surface area contributed by atoms with Gasteiger partial charge in [0.1, 0.15) is 11.1 Å². The second kappa shape index (κ2) is 7.23. The first-order valence-corrected chi connectivity index (χ1v) is 10.4. The highest BCUT2D eigenvalue weighted by Crippen LogP contribution is 2.47. The van der Waals surface area contributed by atoms with Gasteiger partial charge in [0.05, 0.1) is 13.2 Å². The summed E-state index contributed by atoms with van der Waals surface area (Å²) in [5, 5.41) is 0. The number of ether oxygens (including phenoxy) is 2. The summed E-state index contributed by atoms with van der Waals surface area (Å²) in [5.41, 5.74) is 8.62. The zero-order valence-electron chi connectivity index (χ0n) is 16.5. The molecule has 0 radical (unpaired) electrons. The summed E-state index contributed by atoms with van der Waals surface area (Å²) in [7, 11) is 0. The molecule has 1 atom stereocenters. The molecule has 5 nitrogen and oxygen atoms in total. The minimum absolute atomic E-state index is 0.283. The molecule has 28 heavy (non-hydrogen) atoms. The van der Waals surface area contributed by atoms with Crippen LogP contribution in [0, 0.1) is 18.8 Å². The van der Waals surface area contributed by atoms with E-state index in [1.54, 1.807) is 17.5 Å². The van der Waals surface area contributed by atoms with Crippen LogP contribution in [0.5, 0.6) is 0 Å². The Balaban J connectivity index is 1.71. The van der Waals surface area contributed by atoms with Crippen LogP contribution in [0.15, 0.2) is 29.5 Å². The lowest BCUT2D eigenvalue weighted by Gasteiger charge is -2.45. The third-order valence-electron chi connectivity index (χ3n) is 5.52. The SMILES string of the molecule is CC#Cc1cncc(-c2cc([C@]3(C)CC4(CCOCC4)OC(N)=N3)sc2C)c1. The van der Waals surface area contributed by atoms with Crippen molar-refractivity contribution in [2.75, 3.05) is 13.2 Å². The van der Waals surface area contributed by atoms with Gasteiger partial charge in [0, 0.05) is 52.5 Å². The number of amidine groups is 1. The van der Waals surface area contributed by atoms with Gasteiger partial charge in [-0.25, -0.2) is 4.99 Å². The molecule has 0 amide bonds. The lowest BCUT2D eigenvalue weighted by molar-refractivity contribution is -0.0790. The Hall–Kier alpha value is -2.36. The molecule has 2 N–H and O–H groups in total. The number of aryl methyl sites for hydroxylation is 1. The van der Waals surface area contributed by atoms with Crippen molar-refractivity contribution in [2.24, 2.45) is 10.7 Å². The number of hydrogen-bond acceptors (Lipinski definition) is 6. The molecule has 1 spiro atoms. The maximum Gasteiger partial charge on any atom is 0.283 e. The molecule has 1 saturated heterocycles. The van der Waals surface area contributed by atoms with E-state index in [0.717, 1.165) is 30.4 Å². The summed E-state index contributed by atoms with van der Waals surface area (Å²) >= 11 is 1.77. The smallest absolute Gasteiger partial charge is 0.283 e. The van der Waals surface area contributed by atoms with Crippen LogP contribution in [0.25, 0.3) is 11.1 Å². The molecule has 0 unspecified atom stereocenters. The van der Waals surface area contributed by atoms with Gasteiger partial charge < -0.3 is 15.2 Å². The van der Waals surface area contributed by atoms with Gasteiger partial charge in [-0.15, -0.1) is 17.3 Å². The third-order valence-corrected chi connectivity index (χ3v) is 6.82. The molecule has 0 saturated carbocycles. The molecular formula is C22H25N3O2S. The van der Waals surface area contributed by atoms with Crippen LogP contribution in [0.3, 0.4) is 0 Å². The monoisotopic (exact) mass is 395 g/mol. The van der Waals surface area contributed by atoms with Crippen molar-refractivity contribution in [3.63, 3.8) is 0 Å². The predicted molar refractivity (Wildman–Crippen MR) is 112 cm³/mol. The maximum absolute atomic E-state index is 6.13. The van der Waals surface area contributed by atoms with E-state index < -0.39 is 5.54 Å². The summed E-state index contributed by atoms with van der Waals surface area (Å²) in [4.78, 5) is 11.5. The van der Waals surface area contributed by atoms with Gasteiger partial charge in [0.2, 0.25) is 0 Å². The Kier molecular flexibility index (Phi) is 4.90. The minimum Gasteiger partial charge on any atom is -0.459 e. The van der Waals surface area contributed by atoms with Gasteiger partial charge in [-0.2, -0.15) is 0 Å². The molecule has 0 aliphatic carbocycles. The zero-order valence-corrected chi connectivity index (χ0v) is 17.4. The Morgan fingerprint density at radius 1 is 1.21 bits per heavy atom. The lowest BCUT2D eigenvalue weighted by Crippen LogP contribution is -2.50. The van der Waals surface area contributed by atoms with Crippen molar-refractivity contribution < 1.29 is 9.47 Å². The van der Waals surface area contributed by atoms with Crippen molar-refractivity contribution in [1.82, 2.24) is 4.98 Å². The fourth-order valence-corrected chi connectivity index (χ4v) is 5.32. The molecule has 2 aromatic heterocycles. The standard InChI is InChI=1S/C22H25N3O2S/c1-4-5-16-10-17(13-24-12-16)18-11-19(28-15(18)2)21(3)14-22(27-20(23)25-21)6-8-26-9-7-22/h10-13H,6-9,14H2,1-3H3,(H2,23,25)/t21-/m0/s1. The number of nitrogens with zero attached hydrogens (tertiary/aromatic N) is 2. The van der Waals surface area contributed by atoms with Gasteiger partial charge in [0.15, 0.2) is 0 Å². The highest BCUT2D eigenvalue weighted by atomic mass is 32.1. The van der Waals surface area contributed by atoms with Crippen LogP contribution in [-0.4, -0.2) is 29.8 Å². The number of rotatable bonds is 2. The van der Waals surface area contributed by atoms with E-state index in [-0.39, 0.29) is 11.6 Å². The van der Waals surface area contributed by atoms with E-state index in [2.05, 4.69) is 42.8 Å². The van der Waals surface area contributed by atoms with Crippen LogP contribution in [0.2, 0.25) is 0 Å². The largest absolute Gasteiger partial charge is 0.459 e. The highest BCUT2D eigenvalue weighted by Gasteiger charge is 2.47. The van der Waals surface area contributed by atoms with Crippen LogP contribution in [0.4, 0.5) is 0 Å². The summed E-state index contributed by atoms with van der Waals surface area (Å²) in [6, 6.07) is 4.60. The fourth-order valence-electron chi connectivity index (χ4n) is 4.19. The van der Waals surface area contributed by atoms with E-state index in [1.807, 2.05) is 13.1 Å². The van der Waals surface area contributed by atoms with E-state index in [4.69, 9.17) is 20.2 Å². The van der Waals surface area contributed by atoms with Crippen LogP contribution >= 0.6 is 11.3 Å². The third kappa shape index (κ3) is 3.52. The number of pyridine rings is 1. The van der Waals surface area contributed by atoms with Crippen molar-refractivity contribution >= 4 is 17.4 Å². The van der Waals surface area contributed by atoms with Gasteiger partial charge >= 0.3 is 0 Å². The van der Waals surface area contributed by atoms with Gasteiger partial charge in [0.25, 0.3) is 6.02 Å². The summed E-state index contributed by atoms with van der Waals surface area (Å²) in [6.07, 6.45) is 6.18. The van der Waals surface area contributed by atoms with E-state index in [0.29, 0.717) is 13.2 Å². The molecular weight excluding hydrogens is 370 g/mol. The molecule has 0 bridgehead atoms. The Labute approximate surface area is 170 Å². The number of aliphatic imine (C=N–C) groups is 1. The van der Waals surface area contributed by atoms with Crippen LogP contribution < -0.4 is 5.73 Å². The van der Waals surface area contributed by atoms with Crippen molar-refractivity contribution in [3.05, 3.63) is 39.8 Å².